The average molecular weight is 383 g/mol. The van der Waals surface area contributed by atoms with Gasteiger partial charge in [-0.05, 0) is 30.3 Å². The highest BCUT2D eigenvalue weighted by atomic mass is 32.1. The van der Waals surface area contributed by atoms with Crippen LogP contribution in [-0.2, 0) is 6.61 Å². The standard InChI is InChI=1S/C24H17NO2S/c26-15-17-14-20-18-10-4-6-12-21(18)25(24(27)16-8-2-1-3-9-16)22-13-7-5-11-19(22)23(20)28-17/h1-14,26H,15H2. The van der Waals surface area contributed by atoms with Crippen LogP contribution >= 0.6 is 11.3 Å². The monoisotopic (exact) mass is 383 g/mol. The first-order chi connectivity index (χ1) is 13.8. The van der Waals surface area contributed by atoms with Crippen molar-refractivity contribution in [3.05, 3.63) is 95.4 Å². The molecule has 4 aromatic rings. The van der Waals surface area contributed by atoms with Crippen LogP contribution in [0.1, 0.15) is 15.2 Å². The van der Waals surface area contributed by atoms with E-state index in [1.165, 1.54) is 0 Å². The average Bonchev–Trinajstić information content (AvgIpc) is 3.15. The number of para-hydroxylation sites is 2. The molecule has 0 unspecified atom stereocenters. The van der Waals surface area contributed by atoms with Crippen LogP contribution in [0, 0.1) is 0 Å². The van der Waals surface area contributed by atoms with Gasteiger partial charge in [0.25, 0.3) is 5.91 Å². The van der Waals surface area contributed by atoms with Gasteiger partial charge in [-0.1, -0.05) is 54.6 Å². The number of anilines is 2. The van der Waals surface area contributed by atoms with Crippen molar-refractivity contribution < 1.29 is 9.90 Å². The number of aliphatic hydroxyl groups is 1. The number of hydrogen-bond acceptors (Lipinski definition) is 3. The zero-order chi connectivity index (χ0) is 19.1. The zero-order valence-corrected chi connectivity index (χ0v) is 15.8. The van der Waals surface area contributed by atoms with Gasteiger partial charge in [0.15, 0.2) is 0 Å². The molecule has 0 bridgehead atoms. The van der Waals surface area contributed by atoms with Gasteiger partial charge in [0.1, 0.15) is 0 Å². The largest absolute Gasteiger partial charge is 0.391 e. The third kappa shape index (κ3) is 2.58. The molecular formula is C24H17NO2S. The molecule has 0 radical (unpaired) electrons. The topological polar surface area (TPSA) is 40.5 Å². The number of aliphatic hydroxyl groups excluding tert-OH is 1. The quantitative estimate of drug-likeness (QED) is 0.470. The molecule has 2 heterocycles. The highest BCUT2D eigenvalue weighted by Gasteiger charge is 2.30. The number of thiophene rings is 1. The predicted molar refractivity (Wildman–Crippen MR) is 114 cm³/mol. The van der Waals surface area contributed by atoms with Crippen LogP contribution in [0.15, 0.2) is 84.9 Å². The number of hydrogen-bond donors (Lipinski definition) is 1. The van der Waals surface area contributed by atoms with Gasteiger partial charge in [-0.2, -0.15) is 0 Å². The van der Waals surface area contributed by atoms with Crippen molar-refractivity contribution in [2.75, 3.05) is 4.90 Å². The van der Waals surface area contributed by atoms with Gasteiger partial charge < -0.3 is 5.11 Å². The van der Waals surface area contributed by atoms with Crippen molar-refractivity contribution in [1.82, 2.24) is 0 Å². The van der Waals surface area contributed by atoms with Crippen LogP contribution in [0.4, 0.5) is 11.4 Å². The van der Waals surface area contributed by atoms with Crippen LogP contribution in [0.3, 0.4) is 0 Å². The third-order valence-electron chi connectivity index (χ3n) is 4.99. The lowest BCUT2D eigenvalue weighted by atomic mass is 10.0. The summed E-state index contributed by atoms with van der Waals surface area (Å²) in [5.41, 5.74) is 5.41. The van der Waals surface area contributed by atoms with Gasteiger partial charge >= 0.3 is 0 Å². The Bertz CT molecular complexity index is 1120. The number of nitrogens with zero attached hydrogens (tertiary/aromatic N) is 1. The Kier molecular flexibility index (Phi) is 4.08. The molecule has 0 fully saturated rings. The van der Waals surface area contributed by atoms with E-state index in [1.807, 2.05) is 89.8 Å². The molecule has 1 N–H and O–H groups in total. The van der Waals surface area contributed by atoms with Gasteiger partial charge in [0, 0.05) is 32.0 Å². The third-order valence-corrected chi connectivity index (χ3v) is 6.14. The summed E-state index contributed by atoms with van der Waals surface area (Å²) in [6.07, 6.45) is 0. The minimum atomic E-state index is -0.0574. The van der Waals surface area contributed by atoms with E-state index in [-0.39, 0.29) is 12.5 Å². The SMILES string of the molecule is O=C(c1ccccc1)N1c2ccccc2-c2cc(CO)sc2-c2ccccc21. The molecule has 5 rings (SSSR count). The summed E-state index contributed by atoms with van der Waals surface area (Å²) in [7, 11) is 0. The van der Waals surface area contributed by atoms with Crippen molar-refractivity contribution >= 4 is 28.6 Å². The van der Waals surface area contributed by atoms with Gasteiger partial charge in [-0.15, -0.1) is 11.3 Å². The lowest BCUT2D eigenvalue weighted by Crippen LogP contribution is -2.26. The normalized spacial score (nSPS) is 12.0. The number of amides is 1. The minimum Gasteiger partial charge on any atom is -0.391 e. The summed E-state index contributed by atoms with van der Waals surface area (Å²) >= 11 is 1.58. The van der Waals surface area contributed by atoms with Gasteiger partial charge in [-0.25, -0.2) is 0 Å². The molecule has 1 aliphatic rings. The van der Waals surface area contributed by atoms with Crippen molar-refractivity contribution in [1.29, 1.82) is 0 Å². The maximum Gasteiger partial charge on any atom is 0.262 e. The number of benzene rings is 3. The summed E-state index contributed by atoms with van der Waals surface area (Å²) in [6.45, 7) is 0.00859. The van der Waals surface area contributed by atoms with Crippen molar-refractivity contribution in [2.24, 2.45) is 0 Å². The molecule has 0 saturated heterocycles. The van der Waals surface area contributed by atoms with Crippen molar-refractivity contribution in [3.8, 4) is 21.6 Å². The molecular weight excluding hydrogens is 366 g/mol. The van der Waals surface area contributed by atoms with Crippen molar-refractivity contribution in [2.45, 2.75) is 6.61 Å². The number of rotatable bonds is 2. The Balaban J connectivity index is 1.82. The first-order valence-electron chi connectivity index (χ1n) is 9.10. The summed E-state index contributed by atoms with van der Waals surface area (Å²) < 4.78 is 0. The molecule has 0 spiro atoms. The molecule has 136 valence electrons. The van der Waals surface area contributed by atoms with Crippen LogP contribution in [0.25, 0.3) is 21.6 Å². The maximum absolute atomic E-state index is 13.6. The van der Waals surface area contributed by atoms with E-state index >= 15 is 0 Å². The maximum atomic E-state index is 13.6. The lowest BCUT2D eigenvalue weighted by Gasteiger charge is -2.25. The molecule has 1 amide bonds. The Hall–Kier alpha value is -3.21. The van der Waals surface area contributed by atoms with Crippen LogP contribution in [0.5, 0.6) is 0 Å². The highest BCUT2D eigenvalue weighted by Crippen LogP contribution is 2.51. The summed E-state index contributed by atoms with van der Waals surface area (Å²) in [4.78, 5) is 17.4. The second-order valence-electron chi connectivity index (χ2n) is 6.65. The second-order valence-corrected chi connectivity index (χ2v) is 7.79. The van der Waals surface area contributed by atoms with Gasteiger partial charge in [0.05, 0.1) is 18.0 Å². The van der Waals surface area contributed by atoms with E-state index in [2.05, 4.69) is 0 Å². The number of carbonyl (C=O) groups excluding carboxylic acids is 1. The molecule has 1 aromatic heterocycles. The van der Waals surface area contributed by atoms with Crippen LogP contribution < -0.4 is 4.90 Å². The van der Waals surface area contributed by atoms with Crippen LogP contribution in [0.2, 0.25) is 0 Å². The van der Waals surface area contributed by atoms with E-state index in [0.29, 0.717) is 5.56 Å². The van der Waals surface area contributed by atoms with E-state index in [9.17, 15) is 9.90 Å². The Morgan fingerprint density at radius 3 is 2.11 bits per heavy atom. The fourth-order valence-electron chi connectivity index (χ4n) is 3.74. The second kappa shape index (κ2) is 6.75. The first-order valence-corrected chi connectivity index (χ1v) is 9.91. The van der Waals surface area contributed by atoms with Gasteiger partial charge in [0.2, 0.25) is 0 Å². The Labute approximate surface area is 167 Å². The van der Waals surface area contributed by atoms with Crippen molar-refractivity contribution in [3.63, 3.8) is 0 Å². The minimum absolute atomic E-state index is 0.00859. The van der Waals surface area contributed by atoms with E-state index < -0.39 is 0 Å². The molecule has 0 saturated carbocycles. The fourth-order valence-corrected chi connectivity index (χ4v) is 4.80. The smallest absolute Gasteiger partial charge is 0.262 e. The molecule has 4 heteroatoms. The van der Waals surface area contributed by atoms with Crippen LogP contribution in [-0.4, -0.2) is 11.0 Å². The summed E-state index contributed by atoms with van der Waals surface area (Å²) in [6, 6.07) is 27.3. The number of carbonyl (C=O) groups is 1. The highest BCUT2D eigenvalue weighted by molar-refractivity contribution is 7.16. The predicted octanol–water partition coefficient (Wildman–Crippen LogP) is 5.87. The zero-order valence-electron chi connectivity index (χ0n) is 15.0. The molecule has 1 aliphatic heterocycles. The fraction of sp³-hybridized carbons (Fsp3) is 0.0417. The lowest BCUT2D eigenvalue weighted by molar-refractivity contribution is 0.0999. The summed E-state index contributed by atoms with van der Waals surface area (Å²) in [5.74, 6) is -0.0574. The molecule has 3 aromatic carbocycles. The van der Waals surface area contributed by atoms with E-state index in [4.69, 9.17) is 0 Å². The molecule has 3 nitrogen and oxygen atoms in total. The molecule has 0 aliphatic carbocycles. The Morgan fingerprint density at radius 1 is 0.786 bits per heavy atom. The molecule has 0 atom stereocenters. The number of fused-ring (bicyclic) bond motifs is 5. The first kappa shape index (κ1) is 16.9. The summed E-state index contributed by atoms with van der Waals surface area (Å²) in [5, 5.41) is 9.69. The van der Waals surface area contributed by atoms with Gasteiger partial charge in [-0.3, -0.25) is 9.69 Å². The molecule has 28 heavy (non-hydrogen) atoms. The Morgan fingerprint density at radius 2 is 1.39 bits per heavy atom. The van der Waals surface area contributed by atoms with E-state index in [0.717, 1.165) is 37.8 Å². The van der Waals surface area contributed by atoms with E-state index in [1.54, 1.807) is 11.3 Å².